The van der Waals surface area contributed by atoms with Gasteiger partial charge in [0.15, 0.2) is 0 Å². The second kappa shape index (κ2) is 5.31. The Hall–Kier alpha value is -1.03. The Labute approximate surface area is 107 Å². The molecule has 0 bridgehead atoms. The summed E-state index contributed by atoms with van der Waals surface area (Å²) in [6.07, 6.45) is 0.922. The van der Waals surface area contributed by atoms with E-state index in [4.69, 9.17) is 20.5 Å². The van der Waals surface area contributed by atoms with Gasteiger partial charge in [-0.05, 0) is 24.1 Å². The number of anilines is 2. The van der Waals surface area contributed by atoms with E-state index < -0.39 is 7.60 Å². The third-order valence-corrected chi connectivity index (χ3v) is 4.79. The Morgan fingerprint density at radius 3 is 2.61 bits per heavy atom. The molecule has 18 heavy (non-hydrogen) atoms. The van der Waals surface area contributed by atoms with Gasteiger partial charge in [-0.25, -0.2) is 0 Å². The topological polar surface area (TPSA) is 87.6 Å². The fraction of sp³-hybridized carbons (Fsp3) is 0.500. The van der Waals surface area contributed by atoms with Crippen LogP contribution < -0.4 is 11.5 Å². The highest BCUT2D eigenvalue weighted by atomic mass is 31.2. The Morgan fingerprint density at radius 1 is 1.33 bits per heavy atom. The van der Waals surface area contributed by atoms with Gasteiger partial charge in [-0.15, -0.1) is 0 Å². The predicted molar refractivity (Wildman–Crippen MR) is 72.5 cm³/mol. The van der Waals surface area contributed by atoms with E-state index in [1.54, 1.807) is 12.1 Å². The molecular formula is C12H19N2O3P. The fourth-order valence-corrected chi connectivity index (χ4v) is 3.61. The first-order valence-corrected chi connectivity index (χ1v) is 7.73. The molecule has 0 aromatic heterocycles. The maximum Gasteiger partial charge on any atom is 0.331 e. The van der Waals surface area contributed by atoms with Crippen molar-refractivity contribution in [2.75, 3.05) is 30.8 Å². The molecule has 0 radical (unpaired) electrons. The highest BCUT2D eigenvalue weighted by molar-refractivity contribution is 7.53. The lowest BCUT2D eigenvalue weighted by molar-refractivity contribution is 0.102. The molecule has 100 valence electrons. The fourth-order valence-electron chi connectivity index (χ4n) is 1.79. The van der Waals surface area contributed by atoms with Crippen molar-refractivity contribution in [1.82, 2.24) is 0 Å². The number of benzene rings is 1. The van der Waals surface area contributed by atoms with E-state index in [9.17, 15) is 4.57 Å². The molecule has 1 aromatic carbocycles. The molecule has 0 spiro atoms. The number of aryl methyl sites for hydroxylation is 1. The summed E-state index contributed by atoms with van der Waals surface area (Å²) in [5, 5.41) is 0. The smallest absolute Gasteiger partial charge is 0.331 e. The molecule has 6 heteroatoms. The van der Waals surface area contributed by atoms with Crippen LogP contribution in [-0.4, -0.2) is 19.4 Å². The van der Waals surface area contributed by atoms with Gasteiger partial charge >= 0.3 is 7.60 Å². The molecule has 1 heterocycles. The Bertz CT molecular complexity index is 466. The van der Waals surface area contributed by atoms with Gasteiger partial charge in [0.2, 0.25) is 0 Å². The van der Waals surface area contributed by atoms with Gasteiger partial charge in [0.25, 0.3) is 0 Å². The minimum Gasteiger partial charge on any atom is -0.399 e. The van der Waals surface area contributed by atoms with Gasteiger partial charge in [0, 0.05) is 17.3 Å². The lowest BCUT2D eigenvalue weighted by Crippen LogP contribution is -2.20. The molecule has 0 aliphatic carbocycles. The van der Waals surface area contributed by atoms with Crippen LogP contribution in [0.1, 0.15) is 12.5 Å². The van der Waals surface area contributed by atoms with Crippen molar-refractivity contribution in [3.8, 4) is 0 Å². The summed E-state index contributed by atoms with van der Waals surface area (Å²) in [5.41, 5.74) is 13.6. The van der Waals surface area contributed by atoms with E-state index in [1.165, 1.54) is 0 Å². The van der Waals surface area contributed by atoms with Crippen LogP contribution in [0.4, 0.5) is 11.4 Å². The maximum absolute atomic E-state index is 12.2. The van der Waals surface area contributed by atoms with Crippen molar-refractivity contribution in [2.45, 2.75) is 13.3 Å². The highest BCUT2D eigenvalue weighted by Crippen LogP contribution is 2.51. The number of nitrogen functional groups attached to an aromatic ring is 2. The molecule has 4 N–H and O–H groups in total. The number of rotatable bonds is 3. The largest absolute Gasteiger partial charge is 0.399 e. The zero-order valence-electron chi connectivity index (χ0n) is 10.5. The summed E-state index contributed by atoms with van der Waals surface area (Å²) in [6, 6.07) is 5.34. The lowest BCUT2D eigenvalue weighted by atomic mass is 10.1. The van der Waals surface area contributed by atoms with Crippen molar-refractivity contribution in [1.29, 1.82) is 0 Å². The first-order valence-electron chi connectivity index (χ1n) is 6.00. The van der Waals surface area contributed by atoms with Gasteiger partial charge in [-0.2, -0.15) is 0 Å². The average molecular weight is 270 g/mol. The third kappa shape index (κ3) is 3.25. The molecule has 1 aliphatic rings. The van der Waals surface area contributed by atoms with Gasteiger partial charge in [0.1, 0.15) is 0 Å². The summed E-state index contributed by atoms with van der Waals surface area (Å²) in [7, 11) is -2.93. The van der Waals surface area contributed by atoms with Crippen LogP contribution in [0.2, 0.25) is 0 Å². The van der Waals surface area contributed by atoms with Crippen molar-refractivity contribution >= 4 is 19.0 Å². The number of nitrogens with two attached hydrogens (primary N) is 2. The summed E-state index contributed by atoms with van der Waals surface area (Å²) in [6.45, 7) is 2.99. The number of hydrogen-bond donors (Lipinski definition) is 2. The van der Waals surface area contributed by atoms with Gasteiger partial charge < -0.3 is 20.5 Å². The summed E-state index contributed by atoms with van der Waals surface area (Å²) in [4.78, 5) is 0. The van der Waals surface area contributed by atoms with Gasteiger partial charge in [0.05, 0.1) is 19.4 Å². The number of hydrogen-bond acceptors (Lipinski definition) is 5. The van der Waals surface area contributed by atoms with Gasteiger partial charge in [-0.1, -0.05) is 13.0 Å². The molecular weight excluding hydrogens is 251 g/mol. The summed E-state index contributed by atoms with van der Waals surface area (Å²) >= 11 is 0. The predicted octanol–water partition coefficient (Wildman–Crippen LogP) is 2.27. The molecule has 2 rings (SSSR count). The van der Waals surface area contributed by atoms with Crippen molar-refractivity contribution < 1.29 is 13.6 Å². The monoisotopic (exact) mass is 270 g/mol. The van der Waals surface area contributed by atoms with Crippen LogP contribution in [0.5, 0.6) is 0 Å². The van der Waals surface area contributed by atoms with E-state index in [1.807, 2.05) is 13.0 Å². The minimum absolute atomic E-state index is 0.300. The zero-order valence-corrected chi connectivity index (χ0v) is 11.4. The molecule has 0 amide bonds. The van der Waals surface area contributed by atoms with Crippen LogP contribution in [0, 0.1) is 5.92 Å². The molecule has 1 aliphatic heterocycles. The molecule has 1 saturated heterocycles. The lowest BCUT2D eigenvalue weighted by Gasteiger charge is -2.27. The van der Waals surface area contributed by atoms with E-state index >= 15 is 0 Å². The van der Waals surface area contributed by atoms with E-state index in [0.717, 1.165) is 5.56 Å². The first kappa shape index (κ1) is 13.4. The molecule has 1 aromatic rings. The maximum atomic E-state index is 12.2. The first-order chi connectivity index (χ1) is 8.48. The molecule has 0 saturated carbocycles. The average Bonchev–Trinajstić information content (AvgIpc) is 2.32. The standard InChI is InChI=1S/C12H19N2O3P/c1-9-7-16-18(15,17-8-9)5-4-10-2-3-11(13)6-12(10)14/h2-3,6,9H,4-5,7-8,13-14H2,1H3. The molecule has 5 nitrogen and oxygen atoms in total. The summed E-state index contributed by atoms with van der Waals surface area (Å²) in [5.74, 6) is 0.300. The molecule has 1 fully saturated rings. The Balaban J connectivity index is 1.97. The molecule has 0 atom stereocenters. The Kier molecular flexibility index (Phi) is 3.95. The summed E-state index contributed by atoms with van der Waals surface area (Å²) < 4.78 is 22.9. The van der Waals surface area contributed by atoms with E-state index in [2.05, 4.69) is 0 Å². The van der Waals surface area contributed by atoms with Crippen molar-refractivity contribution in [3.63, 3.8) is 0 Å². The van der Waals surface area contributed by atoms with E-state index in [0.29, 0.717) is 43.1 Å². The van der Waals surface area contributed by atoms with Crippen LogP contribution >= 0.6 is 7.60 Å². The van der Waals surface area contributed by atoms with Crippen molar-refractivity contribution in [3.05, 3.63) is 23.8 Å². The van der Waals surface area contributed by atoms with Crippen LogP contribution in [0.15, 0.2) is 18.2 Å². The second-order valence-corrected chi connectivity index (χ2v) is 6.92. The van der Waals surface area contributed by atoms with E-state index in [-0.39, 0.29) is 0 Å². The van der Waals surface area contributed by atoms with Crippen LogP contribution in [-0.2, 0) is 20.0 Å². The Morgan fingerprint density at radius 2 is 2.00 bits per heavy atom. The van der Waals surface area contributed by atoms with Crippen LogP contribution in [0.25, 0.3) is 0 Å². The zero-order chi connectivity index (χ0) is 13.2. The third-order valence-electron chi connectivity index (χ3n) is 2.94. The van der Waals surface area contributed by atoms with Crippen molar-refractivity contribution in [2.24, 2.45) is 5.92 Å². The minimum atomic E-state index is -2.93. The second-order valence-electron chi connectivity index (χ2n) is 4.74. The highest BCUT2D eigenvalue weighted by Gasteiger charge is 2.30. The van der Waals surface area contributed by atoms with Gasteiger partial charge in [-0.3, -0.25) is 4.57 Å². The SMILES string of the molecule is CC1COP(=O)(CCc2ccc(N)cc2N)OC1. The van der Waals surface area contributed by atoms with Crippen LogP contribution in [0.3, 0.4) is 0 Å². The quantitative estimate of drug-likeness (QED) is 0.649. The normalized spacial score (nSPS) is 28.2. The molecule has 0 unspecified atom stereocenters.